The second kappa shape index (κ2) is 10.2. The van der Waals surface area contributed by atoms with Crippen LogP contribution in [-0.2, 0) is 27.9 Å². The molecule has 0 aliphatic carbocycles. The van der Waals surface area contributed by atoms with Crippen LogP contribution in [0.15, 0.2) is 58.8 Å². The number of hydrogen-bond donors (Lipinski definition) is 4. The molecular weight excluding hydrogens is 510 g/mol. The number of hydrogen-bond acceptors (Lipinski definition) is 7. The second-order valence-electron chi connectivity index (χ2n) is 7.89. The lowest BCUT2D eigenvalue weighted by molar-refractivity contribution is -0.122. The number of carbonyl (C=O) groups excluding carboxylic acids is 1. The number of benzene rings is 2. The molecule has 1 atom stereocenters. The molecule has 35 heavy (non-hydrogen) atoms. The summed E-state index contributed by atoms with van der Waals surface area (Å²) in [6.45, 7) is 2.47. The predicted molar refractivity (Wildman–Crippen MR) is 137 cm³/mol. The van der Waals surface area contributed by atoms with Gasteiger partial charge in [0.05, 0.1) is 27.8 Å². The van der Waals surface area contributed by atoms with Crippen LogP contribution in [0.2, 0.25) is 4.34 Å². The van der Waals surface area contributed by atoms with Gasteiger partial charge in [-0.3, -0.25) is 14.2 Å². The van der Waals surface area contributed by atoms with Crippen molar-refractivity contribution < 1.29 is 18.3 Å². The summed E-state index contributed by atoms with van der Waals surface area (Å²) in [5, 5.41) is 21.0. The van der Waals surface area contributed by atoms with E-state index in [0.717, 1.165) is 22.5 Å². The van der Waals surface area contributed by atoms with Crippen molar-refractivity contribution in [1.29, 1.82) is 0 Å². The Kier molecular flexibility index (Phi) is 7.31. The van der Waals surface area contributed by atoms with Crippen molar-refractivity contribution in [2.24, 2.45) is 0 Å². The van der Waals surface area contributed by atoms with Gasteiger partial charge in [-0.1, -0.05) is 41.9 Å². The highest BCUT2D eigenvalue weighted by Gasteiger charge is 2.22. The van der Waals surface area contributed by atoms with Crippen molar-refractivity contribution in [2.45, 2.75) is 30.3 Å². The number of aromatic nitrogens is 2. The number of anilines is 1. The van der Waals surface area contributed by atoms with Crippen LogP contribution < -0.4 is 15.4 Å². The fourth-order valence-electron chi connectivity index (χ4n) is 3.51. The number of nitrogens with one attached hydrogen (secondary N) is 3. The number of halogens is 1. The SMILES string of the molecule is CNC(C)C(=O)NCc1cccc(Cn2nc(NS(=O)(=O)c3ccc(Cl)s3)c3c(O)cccc32)c1. The number of fused-ring (bicyclic) bond motifs is 1. The van der Waals surface area contributed by atoms with Crippen molar-refractivity contribution >= 4 is 55.6 Å². The van der Waals surface area contributed by atoms with Crippen LogP contribution in [0.3, 0.4) is 0 Å². The molecule has 2 aromatic heterocycles. The molecule has 2 aromatic carbocycles. The standard InChI is InChI=1S/C23H24ClN5O4S2/c1-14(25-2)23(31)26-12-15-5-3-6-16(11-15)13-29-17-7-4-8-18(30)21(17)22(27-29)28-35(32,33)20-10-9-19(24)34-20/h3-11,14,25,30H,12-13H2,1-2H3,(H,26,31)(H,27,28). The average Bonchev–Trinajstić information content (AvgIpc) is 3.42. The topological polar surface area (TPSA) is 125 Å². The van der Waals surface area contributed by atoms with Crippen molar-refractivity contribution in [1.82, 2.24) is 20.4 Å². The molecule has 0 spiro atoms. The van der Waals surface area contributed by atoms with Crippen LogP contribution >= 0.6 is 22.9 Å². The Hall–Kier alpha value is -3.12. The number of rotatable bonds is 9. The Morgan fingerprint density at radius 1 is 1.17 bits per heavy atom. The van der Waals surface area contributed by atoms with Gasteiger partial charge in [-0.05, 0) is 49.4 Å². The Balaban J connectivity index is 1.61. The maximum absolute atomic E-state index is 12.8. The average molecular weight is 534 g/mol. The Morgan fingerprint density at radius 3 is 2.63 bits per heavy atom. The van der Waals surface area contributed by atoms with Gasteiger partial charge in [0.15, 0.2) is 5.82 Å². The Bertz CT molecular complexity index is 1480. The smallest absolute Gasteiger partial charge is 0.272 e. The van der Waals surface area contributed by atoms with E-state index in [1.54, 1.807) is 30.8 Å². The van der Waals surface area contributed by atoms with E-state index in [1.807, 2.05) is 24.3 Å². The number of likely N-dealkylation sites (N-methyl/N-ethyl adjacent to an activating group) is 1. The number of phenolic OH excluding ortho intramolecular Hbond substituents is 1. The molecule has 0 aliphatic rings. The van der Waals surface area contributed by atoms with Gasteiger partial charge in [0.2, 0.25) is 5.91 Å². The quantitative estimate of drug-likeness (QED) is 0.261. The first-order chi connectivity index (χ1) is 16.7. The number of phenols is 1. The summed E-state index contributed by atoms with van der Waals surface area (Å²) in [5.74, 6) is -0.173. The molecular formula is C23H24ClN5O4S2. The van der Waals surface area contributed by atoms with E-state index in [2.05, 4.69) is 20.5 Å². The normalized spacial score (nSPS) is 12.5. The number of carbonyl (C=O) groups is 1. The van der Waals surface area contributed by atoms with Gasteiger partial charge in [0, 0.05) is 6.54 Å². The lowest BCUT2D eigenvalue weighted by Gasteiger charge is -2.12. The molecule has 4 rings (SSSR count). The first kappa shape index (κ1) is 25.0. The monoisotopic (exact) mass is 533 g/mol. The van der Waals surface area contributed by atoms with Crippen LogP contribution in [0, 0.1) is 0 Å². The molecule has 0 saturated heterocycles. The third-order valence-electron chi connectivity index (χ3n) is 5.42. The fraction of sp³-hybridized carbons (Fsp3) is 0.217. The highest BCUT2D eigenvalue weighted by molar-refractivity contribution is 7.94. The molecule has 0 fully saturated rings. The first-order valence-corrected chi connectivity index (χ1v) is 13.3. The molecule has 184 valence electrons. The van der Waals surface area contributed by atoms with E-state index in [9.17, 15) is 18.3 Å². The largest absolute Gasteiger partial charge is 0.507 e. The minimum absolute atomic E-state index is 0.0205. The molecule has 12 heteroatoms. The summed E-state index contributed by atoms with van der Waals surface area (Å²) in [6.07, 6.45) is 0. The molecule has 1 unspecified atom stereocenters. The van der Waals surface area contributed by atoms with E-state index in [-0.39, 0.29) is 27.7 Å². The molecule has 1 amide bonds. The summed E-state index contributed by atoms with van der Waals surface area (Å²) in [5.41, 5.74) is 2.37. The zero-order valence-electron chi connectivity index (χ0n) is 18.9. The minimum Gasteiger partial charge on any atom is -0.507 e. The third kappa shape index (κ3) is 5.59. The molecule has 0 saturated carbocycles. The van der Waals surface area contributed by atoms with E-state index < -0.39 is 10.0 Å². The summed E-state index contributed by atoms with van der Waals surface area (Å²) < 4.78 is 30.2. The summed E-state index contributed by atoms with van der Waals surface area (Å²) in [7, 11) is -2.22. The van der Waals surface area contributed by atoms with Crippen molar-refractivity contribution in [2.75, 3.05) is 11.8 Å². The van der Waals surface area contributed by atoms with Crippen LogP contribution in [0.4, 0.5) is 5.82 Å². The van der Waals surface area contributed by atoms with Gasteiger partial charge in [0.25, 0.3) is 10.0 Å². The van der Waals surface area contributed by atoms with Crippen LogP contribution in [0.1, 0.15) is 18.1 Å². The summed E-state index contributed by atoms with van der Waals surface area (Å²) in [6, 6.07) is 15.2. The third-order valence-corrected chi connectivity index (χ3v) is 8.48. The molecule has 0 aliphatic heterocycles. The second-order valence-corrected chi connectivity index (χ2v) is 11.5. The highest BCUT2D eigenvalue weighted by Crippen LogP contribution is 2.34. The van der Waals surface area contributed by atoms with E-state index >= 15 is 0 Å². The minimum atomic E-state index is -3.94. The maximum Gasteiger partial charge on any atom is 0.272 e. The lowest BCUT2D eigenvalue weighted by Crippen LogP contribution is -2.39. The number of thiophene rings is 1. The first-order valence-electron chi connectivity index (χ1n) is 10.7. The zero-order valence-corrected chi connectivity index (χ0v) is 21.3. The number of sulfonamides is 1. The molecule has 2 heterocycles. The van der Waals surface area contributed by atoms with Gasteiger partial charge < -0.3 is 15.7 Å². The van der Waals surface area contributed by atoms with Crippen LogP contribution in [-0.4, -0.2) is 42.3 Å². The van der Waals surface area contributed by atoms with Gasteiger partial charge >= 0.3 is 0 Å². The van der Waals surface area contributed by atoms with Gasteiger partial charge in [-0.25, -0.2) is 8.42 Å². The maximum atomic E-state index is 12.8. The summed E-state index contributed by atoms with van der Waals surface area (Å²) in [4.78, 5) is 12.0. The number of amides is 1. The zero-order chi connectivity index (χ0) is 25.2. The van der Waals surface area contributed by atoms with Crippen molar-refractivity contribution in [3.63, 3.8) is 0 Å². The van der Waals surface area contributed by atoms with E-state index in [0.29, 0.717) is 28.3 Å². The molecule has 0 bridgehead atoms. The highest BCUT2D eigenvalue weighted by atomic mass is 35.5. The lowest BCUT2D eigenvalue weighted by atomic mass is 10.1. The number of aromatic hydroxyl groups is 1. The molecule has 0 radical (unpaired) electrons. The predicted octanol–water partition coefficient (Wildman–Crippen LogP) is 3.53. The summed E-state index contributed by atoms with van der Waals surface area (Å²) >= 11 is 6.83. The van der Waals surface area contributed by atoms with Gasteiger partial charge in [-0.2, -0.15) is 5.10 Å². The van der Waals surface area contributed by atoms with E-state index in [4.69, 9.17) is 11.6 Å². The van der Waals surface area contributed by atoms with Crippen LogP contribution in [0.25, 0.3) is 10.9 Å². The van der Waals surface area contributed by atoms with Crippen LogP contribution in [0.5, 0.6) is 5.75 Å². The molecule has 9 nitrogen and oxygen atoms in total. The van der Waals surface area contributed by atoms with Crippen molar-refractivity contribution in [3.05, 3.63) is 70.1 Å². The van der Waals surface area contributed by atoms with E-state index in [1.165, 1.54) is 18.2 Å². The molecule has 4 N–H and O–H groups in total. The van der Waals surface area contributed by atoms with Gasteiger partial charge in [0.1, 0.15) is 9.96 Å². The van der Waals surface area contributed by atoms with Gasteiger partial charge in [-0.15, -0.1) is 11.3 Å². The molecule has 4 aromatic rings. The van der Waals surface area contributed by atoms with Crippen molar-refractivity contribution in [3.8, 4) is 5.75 Å². The Morgan fingerprint density at radius 2 is 1.91 bits per heavy atom. The number of nitrogens with zero attached hydrogens (tertiary/aromatic N) is 2. The fourth-order valence-corrected chi connectivity index (χ4v) is 6.00. The Labute approximate surface area is 211 Å².